The van der Waals surface area contributed by atoms with Gasteiger partial charge in [-0.3, -0.25) is 4.55 Å². The molecule has 0 atom stereocenters. The van der Waals surface area contributed by atoms with Gasteiger partial charge in [0.15, 0.2) is 0 Å². The third-order valence-corrected chi connectivity index (χ3v) is 3.49. The molecule has 0 aliphatic heterocycles. The second kappa shape index (κ2) is 6.84. The fraction of sp³-hybridized carbons (Fsp3) is 1.00. The van der Waals surface area contributed by atoms with Gasteiger partial charge in [0.1, 0.15) is 0 Å². The van der Waals surface area contributed by atoms with Crippen molar-refractivity contribution >= 4 is 10.3 Å². The Morgan fingerprint density at radius 3 is 0.933 bits per heavy atom. The van der Waals surface area contributed by atoms with E-state index in [0.29, 0.717) is 0 Å². The van der Waals surface area contributed by atoms with Crippen molar-refractivity contribution in [1.29, 1.82) is 0 Å². The van der Waals surface area contributed by atoms with E-state index in [1.807, 2.05) is 0 Å². The summed E-state index contributed by atoms with van der Waals surface area (Å²) < 4.78 is 243. The molecule has 0 aromatic carbocycles. The van der Waals surface area contributed by atoms with Crippen molar-refractivity contribution in [3.8, 4) is 0 Å². The van der Waals surface area contributed by atoms with Crippen molar-refractivity contribution in [2.75, 3.05) is 0 Å². The quantitative estimate of drug-likeness (QED) is 0.287. The zero-order valence-electron chi connectivity index (χ0n) is 12.6. The maximum Gasteiger partial charge on any atom is 0.460 e. The lowest BCUT2D eigenvalue weighted by molar-refractivity contribution is -0.462. The molecule has 0 rings (SSSR count). The van der Waals surface area contributed by atoms with Crippen LogP contribution in [0.4, 0.5) is 74.6 Å². The maximum absolute atomic E-state index is 13.1. The monoisotopic (exact) mass is 515 g/mol. The summed E-state index contributed by atoms with van der Waals surface area (Å²) in [4.78, 5) is 0. The van der Waals surface area contributed by atoms with Gasteiger partial charge in [0.25, 0.3) is 0 Å². The molecule has 22 heteroatoms. The first-order valence-corrected chi connectivity index (χ1v) is 7.37. The van der Waals surface area contributed by atoms with Crippen LogP contribution in [0.25, 0.3) is 0 Å². The zero-order chi connectivity index (χ0) is 25.2. The largest absolute Gasteiger partial charge is 0.460 e. The first-order valence-electron chi connectivity index (χ1n) is 5.93. The van der Waals surface area contributed by atoms with Crippen LogP contribution in [0.3, 0.4) is 0 Å². The van der Waals surface area contributed by atoms with Gasteiger partial charge in [0.05, 0.1) is 0 Å². The van der Waals surface area contributed by atoms with E-state index in [9.17, 15) is 83.1 Å². The number of hydrogen-bond acceptors (Lipinski definition) is 2. The van der Waals surface area contributed by atoms with Gasteiger partial charge >= 0.3 is 58.1 Å². The fourth-order valence-electron chi connectivity index (χ4n) is 1.39. The predicted octanol–water partition coefficient (Wildman–Crippen LogP) is 4.35. The normalized spacial score (nSPS) is 16.7. The maximum atomic E-state index is 13.1. The number of alkyl halides is 17. The van der Waals surface area contributed by atoms with Gasteiger partial charge in [-0.25, -0.2) is 0 Å². The molecule has 0 aliphatic rings. The van der Waals surface area contributed by atoms with E-state index in [1.54, 1.807) is 0 Å². The summed E-state index contributed by atoms with van der Waals surface area (Å²) in [5.74, 6) is -51.5. The van der Waals surface area contributed by atoms with Crippen molar-refractivity contribution in [1.82, 2.24) is 4.72 Å². The van der Waals surface area contributed by atoms with Gasteiger partial charge in [-0.15, -0.1) is 4.72 Å². The van der Waals surface area contributed by atoms with E-state index >= 15 is 0 Å². The first-order chi connectivity index (χ1) is 12.5. The van der Waals surface area contributed by atoms with E-state index in [4.69, 9.17) is 4.55 Å². The Bertz CT molecular complexity index is 753. The van der Waals surface area contributed by atoms with E-state index in [1.165, 1.54) is 0 Å². The van der Waals surface area contributed by atoms with E-state index in [2.05, 4.69) is 0 Å². The minimum atomic E-state index is -8.83. The van der Waals surface area contributed by atoms with Gasteiger partial charge in [-0.05, 0) is 0 Å². The molecular weight excluding hydrogens is 513 g/mol. The molecule has 0 spiro atoms. The average molecular weight is 515 g/mol. The van der Waals surface area contributed by atoms with E-state index in [0.717, 1.165) is 0 Å². The lowest BCUT2D eigenvalue weighted by atomic mass is 9.90. The minimum Gasteiger partial charge on any atom is -0.273 e. The number of nitrogens with one attached hydrogen (secondary N) is 1. The topological polar surface area (TPSA) is 66.4 Å². The van der Waals surface area contributed by atoms with Gasteiger partial charge < -0.3 is 0 Å². The first kappa shape index (κ1) is 28.7. The van der Waals surface area contributed by atoms with Gasteiger partial charge in [-0.1, -0.05) is 0 Å². The number of halogens is 17. The van der Waals surface area contributed by atoms with E-state index in [-0.39, 0.29) is 0 Å². The molecule has 182 valence electrons. The van der Waals surface area contributed by atoms with Crippen molar-refractivity contribution in [3.05, 3.63) is 0 Å². The fourth-order valence-corrected chi connectivity index (χ4v) is 1.84. The highest BCUT2D eigenvalue weighted by Gasteiger charge is 2.95. The summed E-state index contributed by atoms with van der Waals surface area (Å²) in [6, 6.07) is -7.41. The predicted molar refractivity (Wildman–Crippen MR) is 55.4 cm³/mol. The Balaban J connectivity index is 6.77. The molecule has 0 aliphatic carbocycles. The Morgan fingerprint density at radius 1 is 0.467 bits per heavy atom. The minimum absolute atomic E-state index is 1.17. The Hall–Kier alpha value is -1.32. The summed E-state index contributed by atoms with van der Waals surface area (Å²) in [6.45, 7) is 0. The molecule has 0 fully saturated rings. The Morgan fingerprint density at radius 2 is 0.700 bits per heavy atom. The molecule has 0 aromatic rings. The smallest absolute Gasteiger partial charge is 0.273 e. The molecule has 0 aromatic heterocycles. The SMILES string of the molecule is O=S(=O)(O)NC(F)(F)C(F)(F)C(F)(F)C(F)(F)C(F)(F)C(F)(F)C(F)(F)C(F)(F)F. The van der Waals surface area contributed by atoms with Crippen LogP contribution in [-0.4, -0.2) is 60.7 Å². The summed E-state index contributed by atoms with van der Waals surface area (Å²) in [7, 11) is -6.74. The van der Waals surface area contributed by atoms with Gasteiger partial charge in [-0.2, -0.15) is 83.1 Å². The van der Waals surface area contributed by atoms with Crippen LogP contribution >= 0.6 is 0 Å². The van der Waals surface area contributed by atoms with Crippen LogP contribution in [0, 0.1) is 0 Å². The standard InChI is InChI=1S/C8H2F17NO3S/c9-1(10,3(13,14)5(17,18)7(21,22)23)2(11,12)4(15,16)6(19,20)8(24,25)26-30(27,28)29/h26H,(H,27,28,29). The highest BCUT2D eigenvalue weighted by Crippen LogP contribution is 2.63. The molecule has 2 N–H and O–H groups in total. The number of hydrogen-bond donors (Lipinski definition) is 2. The van der Waals surface area contributed by atoms with Crippen LogP contribution in [0.5, 0.6) is 0 Å². The van der Waals surface area contributed by atoms with Crippen LogP contribution < -0.4 is 4.72 Å². The molecule has 0 radical (unpaired) electrons. The highest BCUT2D eigenvalue weighted by molar-refractivity contribution is 7.83. The highest BCUT2D eigenvalue weighted by atomic mass is 32.2. The molecule has 0 saturated heterocycles. The second-order valence-electron chi connectivity index (χ2n) is 5.10. The Kier molecular flexibility index (Phi) is 6.54. The molecule has 0 unspecified atom stereocenters. The Labute approximate surface area is 151 Å². The lowest BCUT2D eigenvalue weighted by Crippen LogP contribution is -2.75. The lowest BCUT2D eigenvalue weighted by Gasteiger charge is -2.42. The van der Waals surface area contributed by atoms with Gasteiger partial charge in [0.2, 0.25) is 0 Å². The zero-order valence-corrected chi connectivity index (χ0v) is 13.4. The summed E-state index contributed by atoms with van der Waals surface area (Å²) >= 11 is 0. The van der Waals surface area contributed by atoms with Crippen LogP contribution in [0.1, 0.15) is 0 Å². The summed E-state index contributed by atoms with van der Waals surface area (Å²) in [6.07, 6.45) is -7.87. The molecule has 0 bridgehead atoms. The van der Waals surface area contributed by atoms with Crippen LogP contribution in [-0.2, 0) is 10.3 Å². The third-order valence-electron chi connectivity index (χ3n) is 2.98. The molecule has 30 heavy (non-hydrogen) atoms. The van der Waals surface area contributed by atoms with E-state index < -0.39 is 62.8 Å². The number of rotatable bonds is 8. The van der Waals surface area contributed by atoms with Crippen LogP contribution in [0.15, 0.2) is 0 Å². The average Bonchev–Trinajstić information content (AvgIpc) is 2.41. The third kappa shape index (κ3) is 3.84. The molecular formula is C8H2F17NO3S. The molecule has 0 amide bonds. The molecule has 0 saturated carbocycles. The molecule has 4 nitrogen and oxygen atoms in total. The van der Waals surface area contributed by atoms with Crippen molar-refractivity contribution in [2.45, 2.75) is 47.8 Å². The van der Waals surface area contributed by atoms with Crippen molar-refractivity contribution < 1.29 is 87.6 Å². The van der Waals surface area contributed by atoms with Gasteiger partial charge in [0, 0.05) is 0 Å². The van der Waals surface area contributed by atoms with Crippen LogP contribution in [0.2, 0.25) is 0 Å². The molecule has 0 heterocycles. The van der Waals surface area contributed by atoms with Crippen molar-refractivity contribution in [3.63, 3.8) is 0 Å². The van der Waals surface area contributed by atoms with Crippen molar-refractivity contribution in [2.24, 2.45) is 0 Å². The second-order valence-corrected chi connectivity index (χ2v) is 6.25. The summed E-state index contributed by atoms with van der Waals surface area (Å²) in [5, 5.41) is 0. The summed E-state index contributed by atoms with van der Waals surface area (Å²) in [5.41, 5.74) is 0.